The van der Waals surface area contributed by atoms with Crippen LogP contribution in [0.1, 0.15) is 34.5 Å². The zero-order valence-electron chi connectivity index (χ0n) is 16.0. The normalized spacial score (nSPS) is 15.0. The number of benzene rings is 2. The molecule has 0 spiro atoms. The van der Waals surface area contributed by atoms with E-state index in [2.05, 4.69) is 27.7 Å². The third-order valence-corrected chi connectivity index (χ3v) is 4.80. The second-order valence-electron chi connectivity index (χ2n) is 6.80. The summed E-state index contributed by atoms with van der Waals surface area (Å²) in [6.45, 7) is 5.61. The van der Waals surface area contributed by atoms with E-state index >= 15 is 0 Å². The van der Waals surface area contributed by atoms with Crippen LogP contribution in [0.4, 0.5) is 10.5 Å². The van der Waals surface area contributed by atoms with Gasteiger partial charge in [0.1, 0.15) is 0 Å². The van der Waals surface area contributed by atoms with Gasteiger partial charge < -0.3 is 26.0 Å². The average Bonchev–Trinajstić information content (AvgIpc) is 2.73. The van der Waals surface area contributed by atoms with Crippen molar-refractivity contribution in [2.24, 2.45) is 5.73 Å². The first-order valence-electron chi connectivity index (χ1n) is 9.38. The molecule has 2 aromatic rings. The molecule has 1 unspecified atom stereocenters. The summed E-state index contributed by atoms with van der Waals surface area (Å²) in [6.07, 6.45) is 0. The van der Waals surface area contributed by atoms with Gasteiger partial charge in [-0.05, 0) is 42.3 Å². The Labute approximate surface area is 164 Å². The molecule has 3 amide bonds. The van der Waals surface area contributed by atoms with E-state index in [1.165, 1.54) is 5.69 Å². The maximum absolute atomic E-state index is 12.5. The Bertz CT molecular complexity index is 799. The van der Waals surface area contributed by atoms with Crippen molar-refractivity contribution in [3.8, 4) is 0 Å². The number of hydrogen-bond acceptors (Lipinski definition) is 4. The number of nitrogens with two attached hydrogens (primary N) is 1. The molecule has 1 saturated heterocycles. The number of morpholine rings is 1. The van der Waals surface area contributed by atoms with E-state index in [1.54, 1.807) is 24.3 Å². The van der Waals surface area contributed by atoms with Gasteiger partial charge in [0.25, 0.3) is 5.91 Å². The van der Waals surface area contributed by atoms with Crippen molar-refractivity contribution in [2.75, 3.05) is 31.2 Å². The van der Waals surface area contributed by atoms with Crippen molar-refractivity contribution in [2.45, 2.75) is 19.5 Å². The maximum Gasteiger partial charge on any atom is 0.312 e. The predicted molar refractivity (Wildman–Crippen MR) is 108 cm³/mol. The second kappa shape index (κ2) is 9.23. The topological polar surface area (TPSA) is 96.7 Å². The predicted octanol–water partition coefficient (Wildman–Crippen LogP) is 2.18. The number of rotatable bonds is 6. The summed E-state index contributed by atoms with van der Waals surface area (Å²) in [5, 5.41) is 5.54. The van der Waals surface area contributed by atoms with Gasteiger partial charge in [-0.2, -0.15) is 0 Å². The second-order valence-corrected chi connectivity index (χ2v) is 6.80. The third-order valence-electron chi connectivity index (χ3n) is 4.80. The first kappa shape index (κ1) is 19.7. The molecule has 148 valence electrons. The molecule has 1 atom stereocenters. The molecule has 7 nitrogen and oxygen atoms in total. The van der Waals surface area contributed by atoms with Crippen LogP contribution in [0.25, 0.3) is 0 Å². The highest BCUT2D eigenvalue weighted by Crippen LogP contribution is 2.20. The largest absolute Gasteiger partial charge is 0.378 e. The van der Waals surface area contributed by atoms with Gasteiger partial charge in [0.05, 0.1) is 19.3 Å². The molecule has 0 bridgehead atoms. The van der Waals surface area contributed by atoms with Crippen LogP contribution in [0, 0.1) is 0 Å². The van der Waals surface area contributed by atoms with Crippen molar-refractivity contribution >= 4 is 17.6 Å². The van der Waals surface area contributed by atoms with E-state index in [1.807, 2.05) is 19.1 Å². The van der Waals surface area contributed by atoms with E-state index in [-0.39, 0.29) is 11.9 Å². The minimum Gasteiger partial charge on any atom is -0.378 e. The van der Waals surface area contributed by atoms with Crippen LogP contribution in [0.3, 0.4) is 0 Å². The van der Waals surface area contributed by atoms with Crippen LogP contribution in [0.2, 0.25) is 0 Å². The van der Waals surface area contributed by atoms with Gasteiger partial charge in [-0.25, -0.2) is 4.79 Å². The molecule has 2 aromatic carbocycles. The highest BCUT2D eigenvalue weighted by Gasteiger charge is 2.14. The fraction of sp³-hybridized carbons (Fsp3) is 0.333. The lowest BCUT2D eigenvalue weighted by Gasteiger charge is -2.29. The minimum absolute atomic E-state index is 0.109. The summed E-state index contributed by atoms with van der Waals surface area (Å²) in [7, 11) is 0. The van der Waals surface area contributed by atoms with Crippen LogP contribution in [-0.4, -0.2) is 38.2 Å². The highest BCUT2D eigenvalue weighted by atomic mass is 16.5. The fourth-order valence-corrected chi connectivity index (χ4v) is 3.12. The Kier molecular flexibility index (Phi) is 6.49. The van der Waals surface area contributed by atoms with Crippen LogP contribution >= 0.6 is 0 Å². The number of nitrogens with one attached hydrogen (secondary N) is 2. The fourth-order valence-electron chi connectivity index (χ4n) is 3.12. The van der Waals surface area contributed by atoms with Crippen molar-refractivity contribution < 1.29 is 14.3 Å². The zero-order valence-corrected chi connectivity index (χ0v) is 16.0. The van der Waals surface area contributed by atoms with Gasteiger partial charge in [0, 0.05) is 30.9 Å². The summed E-state index contributed by atoms with van der Waals surface area (Å²) in [4.78, 5) is 25.5. The van der Waals surface area contributed by atoms with Crippen LogP contribution < -0.4 is 21.3 Å². The van der Waals surface area contributed by atoms with Gasteiger partial charge in [-0.15, -0.1) is 0 Å². The number of urea groups is 1. The van der Waals surface area contributed by atoms with E-state index in [9.17, 15) is 9.59 Å². The number of carbonyl (C=O) groups is 2. The Hall–Kier alpha value is -3.06. The van der Waals surface area contributed by atoms with Crippen molar-refractivity contribution in [1.82, 2.24) is 10.6 Å². The number of anilines is 1. The quantitative estimate of drug-likeness (QED) is 0.713. The molecule has 1 fully saturated rings. The first-order chi connectivity index (χ1) is 13.5. The van der Waals surface area contributed by atoms with Crippen molar-refractivity contribution in [3.63, 3.8) is 0 Å². The number of carbonyl (C=O) groups excluding carboxylic acids is 2. The number of amides is 3. The van der Waals surface area contributed by atoms with Gasteiger partial charge in [-0.3, -0.25) is 4.79 Å². The molecule has 7 heteroatoms. The molecular formula is C21H26N4O3. The number of primary amides is 1. The smallest absolute Gasteiger partial charge is 0.312 e. The van der Waals surface area contributed by atoms with E-state index in [0.717, 1.165) is 37.4 Å². The van der Waals surface area contributed by atoms with Gasteiger partial charge in [-0.1, -0.05) is 24.3 Å². The summed E-state index contributed by atoms with van der Waals surface area (Å²) in [6, 6.07) is 14.7. The molecule has 1 heterocycles. The Morgan fingerprint density at radius 2 is 1.71 bits per heavy atom. The van der Waals surface area contributed by atoms with Crippen molar-refractivity contribution in [3.05, 3.63) is 65.2 Å². The van der Waals surface area contributed by atoms with Gasteiger partial charge in [0.2, 0.25) is 0 Å². The van der Waals surface area contributed by atoms with E-state index < -0.39 is 6.03 Å². The molecule has 0 saturated carbocycles. The Balaban J connectivity index is 1.56. The van der Waals surface area contributed by atoms with E-state index in [4.69, 9.17) is 10.5 Å². The molecule has 0 aromatic heterocycles. The highest BCUT2D eigenvalue weighted by molar-refractivity contribution is 5.94. The molecule has 1 aliphatic rings. The molecule has 28 heavy (non-hydrogen) atoms. The minimum atomic E-state index is -0.574. The molecule has 4 N–H and O–H groups in total. The summed E-state index contributed by atoms with van der Waals surface area (Å²) < 4.78 is 5.39. The monoisotopic (exact) mass is 382 g/mol. The summed E-state index contributed by atoms with van der Waals surface area (Å²) >= 11 is 0. The van der Waals surface area contributed by atoms with Crippen LogP contribution in [-0.2, 0) is 11.3 Å². The lowest BCUT2D eigenvalue weighted by Crippen LogP contribution is -2.36. The number of ether oxygens (including phenoxy) is 1. The number of nitrogens with zero attached hydrogens (tertiary/aromatic N) is 1. The molecule has 3 rings (SSSR count). The Morgan fingerprint density at radius 1 is 1.07 bits per heavy atom. The Morgan fingerprint density at radius 3 is 2.32 bits per heavy atom. The first-order valence-corrected chi connectivity index (χ1v) is 9.38. The lowest BCUT2D eigenvalue weighted by molar-refractivity contribution is 0.0940. The van der Waals surface area contributed by atoms with E-state index in [0.29, 0.717) is 12.1 Å². The molecule has 1 aliphatic heterocycles. The summed E-state index contributed by atoms with van der Waals surface area (Å²) in [5.41, 5.74) is 8.72. The lowest BCUT2D eigenvalue weighted by atomic mass is 10.1. The average molecular weight is 382 g/mol. The molecule has 0 aliphatic carbocycles. The van der Waals surface area contributed by atoms with Gasteiger partial charge in [0.15, 0.2) is 0 Å². The van der Waals surface area contributed by atoms with Crippen LogP contribution in [0.15, 0.2) is 48.5 Å². The van der Waals surface area contributed by atoms with Gasteiger partial charge >= 0.3 is 6.03 Å². The summed E-state index contributed by atoms with van der Waals surface area (Å²) in [5.74, 6) is -0.140. The SMILES string of the molecule is CC(NC(=O)c1ccc(CNC(N)=O)cc1)c1ccc(N2CCOCC2)cc1. The molecular weight excluding hydrogens is 356 g/mol. The molecule has 0 radical (unpaired) electrons. The number of hydrogen-bond donors (Lipinski definition) is 3. The van der Waals surface area contributed by atoms with Crippen LogP contribution in [0.5, 0.6) is 0 Å². The maximum atomic E-state index is 12.5. The standard InChI is InChI=1S/C21H26N4O3/c1-15(17-6-8-19(9-7-17)25-10-12-28-13-11-25)24-20(26)18-4-2-16(3-5-18)14-23-21(22)27/h2-9,15H,10-14H2,1H3,(H,24,26)(H3,22,23,27). The zero-order chi connectivity index (χ0) is 19.9. The van der Waals surface area contributed by atoms with Crippen molar-refractivity contribution in [1.29, 1.82) is 0 Å². The third kappa shape index (κ3) is 5.23.